The number of hydrogen-bond donors (Lipinski definition) is 2. The van der Waals surface area contributed by atoms with Crippen LogP contribution in [0.2, 0.25) is 0 Å². The van der Waals surface area contributed by atoms with E-state index in [4.69, 9.17) is 0 Å². The lowest BCUT2D eigenvalue weighted by molar-refractivity contribution is -0.384. The number of halogens is 1. The minimum atomic E-state index is -0.693. The van der Waals surface area contributed by atoms with Gasteiger partial charge in [-0.05, 0) is 13.0 Å². The van der Waals surface area contributed by atoms with E-state index in [1.807, 2.05) is 0 Å². The molecular weight excluding hydrogens is 217 g/mol. The third kappa shape index (κ3) is 2.91. The lowest BCUT2D eigenvalue weighted by atomic mass is 10.2. The summed E-state index contributed by atoms with van der Waals surface area (Å²) in [6.45, 7) is 2.06. The van der Waals surface area contributed by atoms with Crippen molar-refractivity contribution in [3.05, 3.63) is 34.1 Å². The molecule has 1 aromatic rings. The van der Waals surface area contributed by atoms with Gasteiger partial charge in [-0.3, -0.25) is 10.1 Å². The zero-order valence-electron chi connectivity index (χ0n) is 8.49. The predicted octanol–water partition coefficient (Wildman–Crippen LogP) is 1.88. The SMILES string of the molecule is CCNC(=O)Nc1cc(F)ccc1[N+](=O)[O-]. The highest BCUT2D eigenvalue weighted by Gasteiger charge is 2.16. The van der Waals surface area contributed by atoms with E-state index in [1.165, 1.54) is 0 Å². The van der Waals surface area contributed by atoms with Crippen LogP contribution >= 0.6 is 0 Å². The molecule has 0 unspecified atom stereocenters. The van der Waals surface area contributed by atoms with Gasteiger partial charge in [0, 0.05) is 18.7 Å². The van der Waals surface area contributed by atoms with Gasteiger partial charge in [-0.15, -0.1) is 0 Å². The van der Waals surface area contributed by atoms with Crippen molar-refractivity contribution in [1.82, 2.24) is 5.32 Å². The van der Waals surface area contributed by atoms with E-state index in [2.05, 4.69) is 10.6 Å². The number of nitro benzene ring substituents is 1. The smallest absolute Gasteiger partial charge is 0.319 e. The van der Waals surface area contributed by atoms with E-state index in [9.17, 15) is 19.3 Å². The van der Waals surface area contributed by atoms with Crippen LogP contribution in [0.1, 0.15) is 6.92 Å². The third-order valence-corrected chi connectivity index (χ3v) is 1.74. The molecule has 0 saturated heterocycles. The Kier molecular flexibility index (Phi) is 3.76. The average molecular weight is 227 g/mol. The molecule has 2 N–H and O–H groups in total. The molecule has 7 heteroatoms. The van der Waals surface area contributed by atoms with E-state index in [-0.39, 0.29) is 11.4 Å². The summed E-state index contributed by atoms with van der Waals surface area (Å²) in [4.78, 5) is 21.0. The van der Waals surface area contributed by atoms with Gasteiger partial charge in [-0.1, -0.05) is 0 Å². The number of rotatable bonds is 3. The number of urea groups is 1. The maximum atomic E-state index is 12.9. The van der Waals surface area contributed by atoms with Gasteiger partial charge in [0.25, 0.3) is 5.69 Å². The number of anilines is 1. The summed E-state index contributed by atoms with van der Waals surface area (Å²) in [5.74, 6) is -0.655. The van der Waals surface area contributed by atoms with Crippen molar-refractivity contribution in [3.63, 3.8) is 0 Å². The Labute approximate surface area is 90.6 Å². The van der Waals surface area contributed by atoms with Crippen LogP contribution < -0.4 is 10.6 Å². The van der Waals surface area contributed by atoms with Gasteiger partial charge in [0.05, 0.1) is 4.92 Å². The molecule has 0 atom stereocenters. The van der Waals surface area contributed by atoms with Crippen LogP contribution in [-0.2, 0) is 0 Å². The molecular formula is C9H10FN3O3. The molecule has 0 spiro atoms. The predicted molar refractivity (Wildman–Crippen MR) is 55.7 cm³/mol. The van der Waals surface area contributed by atoms with Crippen LogP contribution in [0, 0.1) is 15.9 Å². The van der Waals surface area contributed by atoms with Crippen LogP contribution in [0.4, 0.5) is 20.6 Å². The fourth-order valence-electron chi connectivity index (χ4n) is 1.09. The largest absolute Gasteiger partial charge is 0.338 e. The first-order valence-corrected chi connectivity index (χ1v) is 4.53. The Balaban J connectivity index is 2.96. The van der Waals surface area contributed by atoms with Gasteiger partial charge in [-0.2, -0.15) is 0 Å². The Morgan fingerprint density at radius 1 is 1.56 bits per heavy atom. The molecule has 1 aromatic carbocycles. The molecule has 0 bridgehead atoms. The molecule has 1 rings (SSSR count). The molecule has 0 aromatic heterocycles. The van der Waals surface area contributed by atoms with Crippen LogP contribution in [-0.4, -0.2) is 17.5 Å². The highest BCUT2D eigenvalue weighted by Crippen LogP contribution is 2.24. The van der Waals surface area contributed by atoms with Crippen molar-refractivity contribution in [2.45, 2.75) is 6.92 Å². The Hall–Kier alpha value is -2.18. The van der Waals surface area contributed by atoms with E-state index in [0.717, 1.165) is 18.2 Å². The molecule has 0 aliphatic carbocycles. The van der Waals surface area contributed by atoms with Crippen molar-refractivity contribution in [1.29, 1.82) is 0 Å². The van der Waals surface area contributed by atoms with E-state index in [1.54, 1.807) is 6.92 Å². The van der Waals surface area contributed by atoms with Gasteiger partial charge in [0.1, 0.15) is 11.5 Å². The number of amides is 2. The first kappa shape index (κ1) is 11.9. The standard InChI is InChI=1S/C9H10FN3O3/c1-2-11-9(14)12-7-5-6(10)3-4-8(7)13(15)16/h3-5H,2H2,1H3,(H2,11,12,14). The topological polar surface area (TPSA) is 84.3 Å². The Morgan fingerprint density at radius 2 is 2.25 bits per heavy atom. The molecule has 0 saturated carbocycles. The van der Waals surface area contributed by atoms with Crippen LogP contribution in [0.15, 0.2) is 18.2 Å². The first-order valence-electron chi connectivity index (χ1n) is 4.53. The summed E-state index contributed by atoms with van der Waals surface area (Å²) in [7, 11) is 0. The summed E-state index contributed by atoms with van der Waals surface area (Å²) < 4.78 is 12.9. The second-order valence-electron chi connectivity index (χ2n) is 2.90. The van der Waals surface area contributed by atoms with Gasteiger partial charge in [0.15, 0.2) is 0 Å². The van der Waals surface area contributed by atoms with Gasteiger partial charge >= 0.3 is 6.03 Å². The molecule has 0 heterocycles. The molecule has 0 fully saturated rings. The van der Waals surface area contributed by atoms with Crippen LogP contribution in [0.25, 0.3) is 0 Å². The second kappa shape index (κ2) is 5.06. The zero-order chi connectivity index (χ0) is 12.1. The second-order valence-corrected chi connectivity index (χ2v) is 2.90. The number of carbonyl (C=O) groups is 1. The molecule has 6 nitrogen and oxygen atoms in total. The molecule has 16 heavy (non-hydrogen) atoms. The summed E-state index contributed by atoms with van der Waals surface area (Å²) in [5.41, 5.74) is -0.524. The Bertz CT molecular complexity index is 422. The minimum absolute atomic E-state index is 0.170. The van der Waals surface area contributed by atoms with Crippen molar-refractivity contribution in [3.8, 4) is 0 Å². The Morgan fingerprint density at radius 3 is 2.81 bits per heavy atom. The molecule has 0 radical (unpaired) electrons. The summed E-state index contributed by atoms with van der Waals surface area (Å²) >= 11 is 0. The van der Waals surface area contributed by atoms with Gasteiger partial charge in [-0.25, -0.2) is 9.18 Å². The van der Waals surface area contributed by atoms with Crippen molar-refractivity contribution < 1.29 is 14.1 Å². The average Bonchev–Trinajstić information content (AvgIpc) is 2.17. The van der Waals surface area contributed by atoms with E-state index in [0.29, 0.717) is 6.54 Å². The number of nitro groups is 1. The normalized spacial score (nSPS) is 9.62. The lowest BCUT2D eigenvalue weighted by Crippen LogP contribution is -2.28. The number of nitrogens with zero attached hydrogens (tertiary/aromatic N) is 1. The van der Waals surface area contributed by atoms with Crippen molar-refractivity contribution in [2.24, 2.45) is 0 Å². The monoisotopic (exact) mass is 227 g/mol. The maximum absolute atomic E-state index is 12.9. The van der Waals surface area contributed by atoms with E-state index < -0.39 is 16.8 Å². The summed E-state index contributed by atoms with van der Waals surface area (Å²) in [5, 5.41) is 15.2. The fraction of sp³-hybridized carbons (Fsp3) is 0.222. The first-order chi connectivity index (χ1) is 7.54. The number of carbonyl (C=O) groups excluding carboxylic acids is 1. The fourth-order valence-corrected chi connectivity index (χ4v) is 1.09. The van der Waals surface area contributed by atoms with Crippen LogP contribution in [0.5, 0.6) is 0 Å². The molecule has 86 valence electrons. The van der Waals surface area contributed by atoms with Gasteiger partial charge in [0.2, 0.25) is 0 Å². The zero-order valence-corrected chi connectivity index (χ0v) is 8.49. The molecule has 2 amide bonds. The van der Waals surface area contributed by atoms with Crippen molar-refractivity contribution >= 4 is 17.4 Å². The quantitative estimate of drug-likeness (QED) is 0.610. The third-order valence-electron chi connectivity index (χ3n) is 1.74. The number of nitrogens with one attached hydrogen (secondary N) is 2. The molecule has 0 aliphatic heterocycles. The number of hydrogen-bond acceptors (Lipinski definition) is 3. The highest BCUT2D eigenvalue weighted by atomic mass is 19.1. The van der Waals surface area contributed by atoms with Crippen molar-refractivity contribution in [2.75, 3.05) is 11.9 Å². The highest BCUT2D eigenvalue weighted by molar-refractivity contribution is 5.91. The van der Waals surface area contributed by atoms with E-state index >= 15 is 0 Å². The molecule has 0 aliphatic rings. The maximum Gasteiger partial charge on any atom is 0.319 e. The summed E-state index contributed by atoms with van der Waals surface area (Å²) in [6.07, 6.45) is 0. The van der Waals surface area contributed by atoms with Gasteiger partial charge < -0.3 is 10.6 Å². The lowest BCUT2D eigenvalue weighted by Gasteiger charge is -2.06. The van der Waals surface area contributed by atoms with Crippen LogP contribution in [0.3, 0.4) is 0 Å². The summed E-state index contributed by atoms with van der Waals surface area (Å²) in [6, 6.07) is 2.24. The number of benzene rings is 1. The minimum Gasteiger partial charge on any atom is -0.338 e.